The van der Waals surface area contributed by atoms with Crippen molar-refractivity contribution in [3.8, 4) is 11.5 Å². The molecule has 0 aliphatic heterocycles. The first kappa shape index (κ1) is 22.4. The molecule has 0 fully saturated rings. The van der Waals surface area contributed by atoms with Gasteiger partial charge >= 0.3 is 0 Å². The molecule has 0 saturated heterocycles. The first-order valence-corrected chi connectivity index (χ1v) is 9.49. The van der Waals surface area contributed by atoms with Gasteiger partial charge in [0.15, 0.2) is 10.9 Å². The first-order valence-electron chi connectivity index (χ1n) is 8.72. The average molecular weight is 426 g/mol. The molecule has 1 aromatic heterocycles. The molecule has 3 rings (SSSR count). The van der Waals surface area contributed by atoms with Crippen molar-refractivity contribution in [2.24, 2.45) is 0 Å². The number of methoxy groups -OCH3 is 1. The molecule has 156 valence electrons. The maximum Gasteiger partial charge on any atom is 0.259 e. The van der Waals surface area contributed by atoms with E-state index in [-0.39, 0.29) is 17.0 Å². The quantitative estimate of drug-likeness (QED) is 0.359. The number of nitrogens with zero attached hydrogens (tertiary/aromatic N) is 2. The van der Waals surface area contributed by atoms with Gasteiger partial charge in [-0.2, -0.15) is 4.37 Å². The summed E-state index contributed by atoms with van der Waals surface area (Å²) in [5, 5.41) is 13.4. The number of phenolic OH excluding ortho intramolecular Hbond substituents is 1. The Morgan fingerprint density at radius 2 is 1.90 bits per heavy atom. The SMILES string of the molecule is C=Cc1cc(C(=O)Nc2ccc(OC)cc2)c(O)c(N)c1C=C.Cc1nsc(N)n1. The number of rotatable bonds is 5. The Morgan fingerprint density at radius 1 is 1.23 bits per heavy atom. The van der Waals surface area contributed by atoms with Crippen LogP contribution in [0, 0.1) is 6.92 Å². The van der Waals surface area contributed by atoms with Gasteiger partial charge in [0, 0.05) is 22.8 Å². The number of nitrogens with one attached hydrogen (secondary N) is 1. The molecular formula is C21H23N5O3S. The molecule has 6 N–H and O–H groups in total. The number of anilines is 3. The van der Waals surface area contributed by atoms with Crippen LogP contribution < -0.4 is 21.5 Å². The Balaban J connectivity index is 0.000000386. The zero-order valence-corrected chi connectivity index (χ0v) is 17.5. The third-order valence-corrected chi connectivity index (χ3v) is 4.60. The van der Waals surface area contributed by atoms with Gasteiger partial charge in [-0.25, -0.2) is 4.98 Å². The third kappa shape index (κ3) is 5.36. The maximum atomic E-state index is 12.4. The number of nitrogens with two attached hydrogens (primary N) is 2. The van der Waals surface area contributed by atoms with Crippen LogP contribution in [0.3, 0.4) is 0 Å². The minimum absolute atomic E-state index is 0.0684. The van der Waals surface area contributed by atoms with E-state index in [0.29, 0.717) is 27.7 Å². The molecule has 0 unspecified atom stereocenters. The standard InChI is InChI=1S/C18H18N2O3.C3H5N3S/c1-4-11-10-15(17(21)16(19)14(11)5-2)18(22)20-12-6-8-13(23-3)9-7-12;1-2-5-3(4)7-6-2/h4-10,21H,1-2,19H2,3H3,(H,20,22);1H3,(H2,4,5,6). The summed E-state index contributed by atoms with van der Waals surface area (Å²) in [6, 6.07) is 8.36. The summed E-state index contributed by atoms with van der Waals surface area (Å²) in [7, 11) is 1.56. The van der Waals surface area contributed by atoms with E-state index in [4.69, 9.17) is 16.2 Å². The Bertz CT molecular complexity index is 1040. The molecule has 8 nitrogen and oxygen atoms in total. The van der Waals surface area contributed by atoms with Crippen LogP contribution in [0.1, 0.15) is 27.3 Å². The zero-order chi connectivity index (χ0) is 22.3. The lowest BCUT2D eigenvalue weighted by Gasteiger charge is -2.13. The minimum atomic E-state index is -0.474. The van der Waals surface area contributed by atoms with Gasteiger partial charge in [-0.1, -0.05) is 25.3 Å². The van der Waals surface area contributed by atoms with Crippen LogP contribution in [0.25, 0.3) is 12.2 Å². The fraction of sp³-hybridized carbons (Fsp3) is 0.0952. The minimum Gasteiger partial charge on any atom is -0.505 e. The summed E-state index contributed by atoms with van der Waals surface area (Å²) in [6.45, 7) is 9.14. The van der Waals surface area contributed by atoms with Crippen LogP contribution in [0.15, 0.2) is 43.5 Å². The lowest BCUT2D eigenvalue weighted by molar-refractivity contribution is 0.102. The van der Waals surface area contributed by atoms with E-state index in [1.165, 1.54) is 23.7 Å². The number of nitrogen functional groups attached to an aromatic ring is 2. The van der Waals surface area contributed by atoms with E-state index in [2.05, 4.69) is 27.8 Å². The molecule has 0 bridgehead atoms. The number of phenols is 1. The molecule has 0 aliphatic carbocycles. The number of ether oxygens (including phenoxy) is 1. The number of aromatic hydroxyl groups is 1. The molecule has 0 spiro atoms. The van der Waals surface area contributed by atoms with E-state index in [1.807, 2.05) is 6.92 Å². The Hall–Kier alpha value is -3.85. The van der Waals surface area contributed by atoms with E-state index in [9.17, 15) is 9.90 Å². The molecule has 0 radical (unpaired) electrons. The monoisotopic (exact) mass is 425 g/mol. The lowest BCUT2D eigenvalue weighted by atomic mass is 9.99. The van der Waals surface area contributed by atoms with Gasteiger partial charge in [-0.05, 0) is 42.8 Å². The van der Waals surface area contributed by atoms with Gasteiger partial charge in [-0.3, -0.25) is 4.79 Å². The molecule has 0 saturated carbocycles. The van der Waals surface area contributed by atoms with Crippen molar-refractivity contribution < 1.29 is 14.6 Å². The molecule has 30 heavy (non-hydrogen) atoms. The van der Waals surface area contributed by atoms with Crippen LogP contribution in [0.5, 0.6) is 11.5 Å². The second kappa shape index (κ2) is 10.1. The van der Waals surface area contributed by atoms with Crippen molar-refractivity contribution in [2.45, 2.75) is 6.92 Å². The van der Waals surface area contributed by atoms with Crippen LogP contribution in [0.2, 0.25) is 0 Å². The molecule has 2 aromatic carbocycles. The number of aryl methyl sites for hydroxylation is 1. The van der Waals surface area contributed by atoms with Gasteiger partial charge in [0.05, 0.1) is 18.4 Å². The van der Waals surface area contributed by atoms with Crippen molar-refractivity contribution in [1.82, 2.24) is 9.36 Å². The predicted octanol–water partition coefficient (Wildman–Crippen LogP) is 3.95. The van der Waals surface area contributed by atoms with Gasteiger partial charge in [0.2, 0.25) is 0 Å². The maximum absolute atomic E-state index is 12.4. The fourth-order valence-corrected chi connectivity index (χ4v) is 2.92. The number of hydrogen-bond acceptors (Lipinski definition) is 8. The summed E-state index contributed by atoms with van der Waals surface area (Å²) in [5.41, 5.74) is 13.0. The lowest BCUT2D eigenvalue weighted by Crippen LogP contribution is -2.13. The summed E-state index contributed by atoms with van der Waals surface area (Å²) in [4.78, 5) is 16.2. The van der Waals surface area contributed by atoms with Gasteiger partial charge in [-0.15, -0.1) is 0 Å². The van der Waals surface area contributed by atoms with Gasteiger partial charge < -0.3 is 26.6 Å². The second-order valence-electron chi connectivity index (χ2n) is 5.96. The Labute approximate surface area is 178 Å². The number of hydrogen-bond donors (Lipinski definition) is 4. The van der Waals surface area contributed by atoms with E-state index >= 15 is 0 Å². The van der Waals surface area contributed by atoms with Crippen LogP contribution in [0.4, 0.5) is 16.5 Å². The van der Waals surface area contributed by atoms with Gasteiger partial charge in [0.25, 0.3) is 5.91 Å². The van der Waals surface area contributed by atoms with Crippen molar-refractivity contribution in [2.75, 3.05) is 23.9 Å². The highest BCUT2D eigenvalue weighted by Crippen LogP contribution is 2.33. The van der Waals surface area contributed by atoms with E-state index < -0.39 is 5.91 Å². The van der Waals surface area contributed by atoms with Crippen LogP contribution in [-0.2, 0) is 0 Å². The van der Waals surface area contributed by atoms with Crippen LogP contribution >= 0.6 is 11.5 Å². The largest absolute Gasteiger partial charge is 0.505 e. The number of aromatic nitrogens is 2. The highest BCUT2D eigenvalue weighted by atomic mass is 32.1. The molecule has 0 aliphatic rings. The van der Waals surface area contributed by atoms with Crippen molar-refractivity contribution in [3.63, 3.8) is 0 Å². The molecule has 1 amide bonds. The molecule has 1 heterocycles. The average Bonchev–Trinajstić information content (AvgIpc) is 3.13. The smallest absolute Gasteiger partial charge is 0.259 e. The molecule has 0 atom stereocenters. The predicted molar refractivity (Wildman–Crippen MR) is 123 cm³/mol. The number of amides is 1. The fourth-order valence-electron chi connectivity index (χ4n) is 2.49. The Kier molecular flexibility index (Phi) is 7.54. The highest BCUT2D eigenvalue weighted by molar-refractivity contribution is 7.09. The highest BCUT2D eigenvalue weighted by Gasteiger charge is 2.18. The number of carbonyl (C=O) groups excluding carboxylic acids is 1. The third-order valence-electron chi connectivity index (χ3n) is 3.97. The van der Waals surface area contributed by atoms with Crippen molar-refractivity contribution in [1.29, 1.82) is 0 Å². The molecular weight excluding hydrogens is 402 g/mol. The first-order chi connectivity index (χ1) is 14.3. The van der Waals surface area contributed by atoms with Crippen LogP contribution in [-0.4, -0.2) is 27.5 Å². The van der Waals surface area contributed by atoms with Crippen molar-refractivity contribution >= 4 is 46.1 Å². The zero-order valence-electron chi connectivity index (χ0n) is 16.7. The number of benzene rings is 2. The summed E-state index contributed by atoms with van der Waals surface area (Å²) in [5.74, 6) is 0.677. The van der Waals surface area contributed by atoms with Gasteiger partial charge in [0.1, 0.15) is 11.6 Å². The molecule has 3 aromatic rings. The molecule has 9 heteroatoms. The van der Waals surface area contributed by atoms with E-state index in [1.54, 1.807) is 37.5 Å². The van der Waals surface area contributed by atoms with E-state index in [0.717, 1.165) is 5.82 Å². The second-order valence-corrected chi connectivity index (χ2v) is 6.74. The van der Waals surface area contributed by atoms with Crippen molar-refractivity contribution in [3.05, 3.63) is 66.0 Å². The topological polar surface area (TPSA) is 136 Å². The summed E-state index contributed by atoms with van der Waals surface area (Å²) >= 11 is 1.22. The number of carbonyl (C=O) groups is 1. The Morgan fingerprint density at radius 3 is 2.33 bits per heavy atom. The summed E-state index contributed by atoms with van der Waals surface area (Å²) in [6.07, 6.45) is 3.06. The normalized spacial score (nSPS) is 9.80. The summed E-state index contributed by atoms with van der Waals surface area (Å²) < 4.78 is 8.88.